The first-order chi connectivity index (χ1) is 15.1. The molecule has 1 aromatic heterocycles. The van der Waals surface area contributed by atoms with Gasteiger partial charge in [0.05, 0.1) is 0 Å². The molecule has 1 saturated heterocycles. The largest absolute Gasteiger partial charge is 0.492 e. The van der Waals surface area contributed by atoms with Crippen LogP contribution in [0.1, 0.15) is 49.9 Å². The topological polar surface area (TPSA) is 89.7 Å². The summed E-state index contributed by atoms with van der Waals surface area (Å²) in [6.07, 6.45) is 4.64. The Hall–Kier alpha value is -2.45. The van der Waals surface area contributed by atoms with Crippen molar-refractivity contribution in [2.75, 3.05) is 33.4 Å². The summed E-state index contributed by atoms with van der Waals surface area (Å²) in [6, 6.07) is 8.47. The maximum atomic E-state index is 12.1. The van der Waals surface area contributed by atoms with Crippen LogP contribution in [0.15, 0.2) is 28.8 Å². The number of amides is 1. The van der Waals surface area contributed by atoms with Crippen LogP contribution in [0.2, 0.25) is 0 Å². The Labute approximate surface area is 184 Å². The molecule has 0 radical (unpaired) electrons. The number of carbonyl (C=O) groups is 1. The third-order valence-electron chi connectivity index (χ3n) is 5.54. The minimum absolute atomic E-state index is 0.0136. The van der Waals surface area contributed by atoms with Crippen molar-refractivity contribution < 1.29 is 18.8 Å². The van der Waals surface area contributed by atoms with Crippen LogP contribution in [-0.4, -0.2) is 60.4 Å². The van der Waals surface area contributed by atoms with E-state index in [4.69, 9.17) is 14.0 Å². The van der Waals surface area contributed by atoms with Gasteiger partial charge < -0.3 is 19.3 Å². The average Bonchev–Trinajstić information content (AvgIpc) is 3.26. The lowest BCUT2D eigenvalue weighted by Gasteiger charge is -2.31. The van der Waals surface area contributed by atoms with Crippen LogP contribution in [0.25, 0.3) is 0 Å². The Kier molecular flexibility index (Phi) is 9.30. The van der Waals surface area contributed by atoms with Crippen LogP contribution in [-0.2, 0) is 28.9 Å². The van der Waals surface area contributed by atoms with Crippen molar-refractivity contribution in [3.8, 4) is 5.75 Å². The molecule has 1 fully saturated rings. The molecule has 1 N–H and O–H groups in total. The Morgan fingerprint density at radius 3 is 2.94 bits per heavy atom. The van der Waals surface area contributed by atoms with Crippen molar-refractivity contribution in [1.29, 1.82) is 0 Å². The first-order valence-corrected chi connectivity index (χ1v) is 11.2. The summed E-state index contributed by atoms with van der Waals surface area (Å²) in [7, 11) is 2.15. The van der Waals surface area contributed by atoms with Gasteiger partial charge >= 0.3 is 0 Å². The zero-order valence-electron chi connectivity index (χ0n) is 18.6. The van der Waals surface area contributed by atoms with E-state index in [-0.39, 0.29) is 5.91 Å². The van der Waals surface area contributed by atoms with Crippen molar-refractivity contribution in [2.45, 2.75) is 58.0 Å². The summed E-state index contributed by atoms with van der Waals surface area (Å²) < 4.78 is 16.5. The highest BCUT2D eigenvalue weighted by Gasteiger charge is 2.18. The number of carbonyl (C=O) groups excluding carboxylic acids is 1. The lowest BCUT2D eigenvalue weighted by atomic mass is 10.1. The summed E-state index contributed by atoms with van der Waals surface area (Å²) in [5.41, 5.74) is 1.02. The summed E-state index contributed by atoms with van der Waals surface area (Å²) >= 11 is 0. The number of rotatable bonds is 12. The highest BCUT2D eigenvalue weighted by molar-refractivity contribution is 5.75. The van der Waals surface area contributed by atoms with E-state index in [0.717, 1.165) is 50.3 Å². The number of benzene rings is 1. The Balaban J connectivity index is 1.33. The van der Waals surface area contributed by atoms with Gasteiger partial charge in [0, 0.05) is 51.6 Å². The standard InChI is InChI=1S/C23H34N4O4/c1-3-21-25-23(31-26-21)9-5-8-22(28)24-17-18-6-4-7-20(16-18)30-15-12-27(2)19-10-13-29-14-11-19/h4,6-7,16,19H,3,5,8-15,17H2,1-2H3,(H,24,28). The van der Waals surface area contributed by atoms with Gasteiger partial charge in [0.15, 0.2) is 5.82 Å². The Morgan fingerprint density at radius 2 is 2.16 bits per heavy atom. The molecule has 0 atom stereocenters. The minimum Gasteiger partial charge on any atom is -0.492 e. The number of aromatic nitrogens is 2. The molecule has 8 nitrogen and oxygen atoms in total. The van der Waals surface area contributed by atoms with Crippen molar-refractivity contribution in [2.24, 2.45) is 0 Å². The van der Waals surface area contributed by atoms with Gasteiger partial charge in [-0.3, -0.25) is 9.69 Å². The maximum absolute atomic E-state index is 12.1. The molecule has 0 bridgehead atoms. The van der Waals surface area contributed by atoms with E-state index in [1.165, 1.54) is 0 Å². The van der Waals surface area contributed by atoms with Gasteiger partial charge in [-0.05, 0) is 44.0 Å². The van der Waals surface area contributed by atoms with E-state index in [1.54, 1.807) is 0 Å². The summed E-state index contributed by atoms with van der Waals surface area (Å²) in [6.45, 7) is 5.68. The molecule has 31 heavy (non-hydrogen) atoms. The lowest BCUT2D eigenvalue weighted by molar-refractivity contribution is -0.121. The Morgan fingerprint density at radius 1 is 1.32 bits per heavy atom. The van der Waals surface area contributed by atoms with Gasteiger partial charge in [-0.15, -0.1) is 0 Å². The fraction of sp³-hybridized carbons (Fsp3) is 0.609. The third-order valence-corrected chi connectivity index (χ3v) is 5.54. The van der Waals surface area contributed by atoms with Crippen molar-refractivity contribution >= 4 is 5.91 Å². The van der Waals surface area contributed by atoms with Crippen molar-refractivity contribution in [1.82, 2.24) is 20.4 Å². The van der Waals surface area contributed by atoms with Crippen molar-refractivity contribution in [3.05, 3.63) is 41.5 Å². The van der Waals surface area contributed by atoms with Gasteiger partial charge in [0.25, 0.3) is 0 Å². The first kappa shape index (κ1) is 23.2. The quantitative estimate of drug-likeness (QED) is 0.554. The van der Waals surface area contributed by atoms with Crippen LogP contribution in [0.3, 0.4) is 0 Å². The number of hydrogen-bond acceptors (Lipinski definition) is 7. The first-order valence-electron chi connectivity index (χ1n) is 11.2. The van der Waals surface area contributed by atoms with Crippen LogP contribution in [0.4, 0.5) is 0 Å². The smallest absolute Gasteiger partial charge is 0.226 e. The molecule has 0 unspecified atom stereocenters. The predicted molar refractivity (Wildman–Crippen MR) is 117 cm³/mol. The normalized spacial score (nSPS) is 14.7. The summed E-state index contributed by atoms with van der Waals surface area (Å²) in [5.74, 6) is 2.14. The fourth-order valence-corrected chi connectivity index (χ4v) is 3.59. The number of nitrogens with zero attached hydrogens (tertiary/aromatic N) is 3. The predicted octanol–water partition coefficient (Wildman–Crippen LogP) is 2.76. The molecule has 2 aromatic rings. The zero-order chi connectivity index (χ0) is 21.9. The average molecular weight is 431 g/mol. The molecular formula is C23H34N4O4. The zero-order valence-corrected chi connectivity index (χ0v) is 18.6. The molecule has 170 valence electrons. The van der Waals surface area contributed by atoms with Gasteiger partial charge in [-0.25, -0.2) is 0 Å². The van der Waals surface area contributed by atoms with Gasteiger partial charge in [-0.1, -0.05) is 24.2 Å². The van der Waals surface area contributed by atoms with Crippen LogP contribution >= 0.6 is 0 Å². The van der Waals surface area contributed by atoms with Crippen molar-refractivity contribution in [3.63, 3.8) is 0 Å². The molecule has 2 heterocycles. The second kappa shape index (κ2) is 12.4. The molecule has 1 aliphatic heterocycles. The van der Waals surface area contributed by atoms with E-state index in [1.807, 2.05) is 31.2 Å². The minimum atomic E-state index is 0.0136. The van der Waals surface area contributed by atoms with E-state index in [0.29, 0.717) is 50.2 Å². The number of hydrogen-bond donors (Lipinski definition) is 1. The van der Waals surface area contributed by atoms with E-state index < -0.39 is 0 Å². The molecule has 1 aliphatic rings. The molecule has 0 saturated carbocycles. The monoisotopic (exact) mass is 430 g/mol. The van der Waals surface area contributed by atoms with E-state index in [2.05, 4.69) is 27.4 Å². The second-order valence-electron chi connectivity index (χ2n) is 7.91. The fourth-order valence-electron chi connectivity index (χ4n) is 3.59. The number of aryl methyl sites for hydroxylation is 2. The van der Waals surface area contributed by atoms with Crippen LogP contribution in [0.5, 0.6) is 5.75 Å². The summed E-state index contributed by atoms with van der Waals surface area (Å²) in [4.78, 5) is 18.7. The SMILES string of the molecule is CCc1noc(CCCC(=O)NCc2cccc(OCCN(C)C3CCOCC3)c2)n1. The molecule has 3 rings (SSSR count). The number of ether oxygens (including phenoxy) is 2. The molecule has 0 aliphatic carbocycles. The molecule has 1 aromatic carbocycles. The van der Waals surface area contributed by atoms with Gasteiger partial charge in [0.2, 0.25) is 11.8 Å². The Bertz CT molecular complexity index is 804. The number of likely N-dealkylation sites (N-methyl/N-ethyl adjacent to an activating group) is 1. The van der Waals surface area contributed by atoms with Crippen LogP contribution in [0, 0.1) is 0 Å². The van der Waals surface area contributed by atoms with Gasteiger partial charge in [-0.2, -0.15) is 4.98 Å². The molecular weight excluding hydrogens is 396 g/mol. The molecule has 8 heteroatoms. The molecule has 1 amide bonds. The lowest BCUT2D eigenvalue weighted by Crippen LogP contribution is -2.38. The van der Waals surface area contributed by atoms with E-state index >= 15 is 0 Å². The summed E-state index contributed by atoms with van der Waals surface area (Å²) in [5, 5.41) is 6.83. The highest BCUT2D eigenvalue weighted by Crippen LogP contribution is 2.15. The van der Waals surface area contributed by atoms with E-state index in [9.17, 15) is 4.79 Å². The number of nitrogens with one attached hydrogen (secondary N) is 1. The third kappa shape index (κ3) is 7.95. The second-order valence-corrected chi connectivity index (χ2v) is 7.91. The maximum Gasteiger partial charge on any atom is 0.226 e. The molecule has 0 spiro atoms. The van der Waals surface area contributed by atoms with Gasteiger partial charge in [0.1, 0.15) is 12.4 Å². The van der Waals surface area contributed by atoms with Crippen LogP contribution < -0.4 is 10.1 Å². The highest BCUT2D eigenvalue weighted by atomic mass is 16.5.